The quantitative estimate of drug-likeness (QED) is 0.682. The standard InChI is InChI=1S/C23H28N2O5S/c1-3-30-22-16-18(7-10-21(22)29-2)23(26)25-14-11-17-15-19(8-9-20(17)25)31(27,28)24-12-5-4-6-13-24/h7-10,15-16H,3-6,11-14H2,1-2H3. The van der Waals surface area contributed by atoms with Crippen molar-refractivity contribution in [2.75, 3.05) is 38.3 Å². The largest absolute Gasteiger partial charge is 0.493 e. The number of sulfonamides is 1. The maximum atomic E-state index is 13.2. The summed E-state index contributed by atoms with van der Waals surface area (Å²) in [7, 11) is -1.93. The van der Waals surface area contributed by atoms with E-state index in [1.807, 2.05) is 6.92 Å². The summed E-state index contributed by atoms with van der Waals surface area (Å²) in [6.07, 6.45) is 3.50. The van der Waals surface area contributed by atoms with Gasteiger partial charge in [-0.25, -0.2) is 8.42 Å². The smallest absolute Gasteiger partial charge is 0.258 e. The lowest BCUT2D eigenvalue weighted by molar-refractivity contribution is 0.0989. The second-order valence-corrected chi connectivity index (χ2v) is 9.70. The molecule has 2 aliphatic heterocycles. The number of ether oxygens (including phenoxy) is 2. The minimum atomic E-state index is -3.49. The summed E-state index contributed by atoms with van der Waals surface area (Å²) < 4.78 is 38.5. The lowest BCUT2D eigenvalue weighted by Gasteiger charge is -2.26. The maximum Gasteiger partial charge on any atom is 0.258 e. The number of carbonyl (C=O) groups is 1. The molecule has 31 heavy (non-hydrogen) atoms. The molecule has 0 aromatic heterocycles. The lowest BCUT2D eigenvalue weighted by atomic mass is 10.1. The van der Waals surface area contributed by atoms with Crippen LogP contribution in [0.5, 0.6) is 11.5 Å². The topological polar surface area (TPSA) is 76.2 Å². The third kappa shape index (κ3) is 4.14. The van der Waals surface area contributed by atoms with Gasteiger partial charge in [0.15, 0.2) is 11.5 Å². The molecule has 0 unspecified atom stereocenters. The first-order valence-corrected chi connectivity index (χ1v) is 12.2. The molecule has 2 aliphatic rings. The van der Waals surface area contributed by atoms with Crippen LogP contribution in [-0.2, 0) is 16.4 Å². The fourth-order valence-electron chi connectivity index (χ4n) is 4.24. The number of hydrogen-bond donors (Lipinski definition) is 0. The molecule has 4 rings (SSSR count). The minimum absolute atomic E-state index is 0.144. The number of carbonyl (C=O) groups excluding carboxylic acids is 1. The molecule has 0 saturated carbocycles. The van der Waals surface area contributed by atoms with Crippen LogP contribution in [-0.4, -0.2) is 52.0 Å². The van der Waals surface area contributed by atoms with E-state index in [2.05, 4.69) is 0 Å². The fourth-order valence-corrected chi connectivity index (χ4v) is 5.81. The van der Waals surface area contributed by atoms with Crippen molar-refractivity contribution in [2.45, 2.75) is 37.5 Å². The highest BCUT2D eigenvalue weighted by atomic mass is 32.2. The average Bonchev–Trinajstić information content (AvgIpc) is 3.22. The molecule has 0 radical (unpaired) electrons. The van der Waals surface area contributed by atoms with E-state index in [9.17, 15) is 13.2 Å². The van der Waals surface area contributed by atoms with Gasteiger partial charge in [0.25, 0.3) is 5.91 Å². The highest BCUT2D eigenvalue weighted by Crippen LogP contribution is 2.34. The van der Waals surface area contributed by atoms with E-state index in [1.54, 1.807) is 52.7 Å². The van der Waals surface area contributed by atoms with Crippen LogP contribution in [0.4, 0.5) is 5.69 Å². The Labute approximate surface area is 183 Å². The Morgan fingerprint density at radius 2 is 1.77 bits per heavy atom. The molecule has 0 N–H and O–H groups in total. The first kappa shape index (κ1) is 21.6. The van der Waals surface area contributed by atoms with E-state index in [4.69, 9.17) is 9.47 Å². The number of piperidine rings is 1. The molecule has 0 bridgehead atoms. The van der Waals surface area contributed by atoms with Gasteiger partial charge in [-0.15, -0.1) is 0 Å². The Morgan fingerprint density at radius 1 is 1.00 bits per heavy atom. The van der Waals surface area contributed by atoms with Gasteiger partial charge in [0, 0.05) is 30.9 Å². The van der Waals surface area contributed by atoms with Crippen LogP contribution in [0.2, 0.25) is 0 Å². The molecule has 7 nitrogen and oxygen atoms in total. The highest BCUT2D eigenvalue weighted by Gasteiger charge is 2.30. The number of rotatable bonds is 6. The van der Waals surface area contributed by atoms with E-state index >= 15 is 0 Å². The molecule has 1 saturated heterocycles. The van der Waals surface area contributed by atoms with Crippen molar-refractivity contribution >= 4 is 21.6 Å². The number of nitrogens with zero attached hydrogens (tertiary/aromatic N) is 2. The van der Waals surface area contributed by atoms with E-state index in [1.165, 1.54) is 0 Å². The third-order valence-corrected chi connectivity index (χ3v) is 7.75. The third-order valence-electron chi connectivity index (χ3n) is 5.85. The minimum Gasteiger partial charge on any atom is -0.493 e. The molecule has 0 atom stereocenters. The molecule has 166 valence electrons. The molecule has 8 heteroatoms. The summed E-state index contributed by atoms with van der Waals surface area (Å²) in [5.41, 5.74) is 2.14. The Hall–Kier alpha value is -2.58. The second kappa shape index (κ2) is 8.88. The monoisotopic (exact) mass is 444 g/mol. The van der Waals surface area contributed by atoms with Gasteiger partial charge in [-0.3, -0.25) is 4.79 Å². The molecule has 2 heterocycles. The average molecular weight is 445 g/mol. The Morgan fingerprint density at radius 3 is 2.48 bits per heavy atom. The Kier molecular flexibility index (Phi) is 6.20. The van der Waals surface area contributed by atoms with Crippen LogP contribution in [0, 0.1) is 0 Å². The molecular weight excluding hydrogens is 416 g/mol. The van der Waals surface area contributed by atoms with Crippen LogP contribution in [0.25, 0.3) is 0 Å². The van der Waals surface area contributed by atoms with Gasteiger partial charge >= 0.3 is 0 Å². The van der Waals surface area contributed by atoms with Gasteiger partial charge in [0.05, 0.1) is 18.6 Å². The first-order valence-electron chi connectivity index (χ1n) is 10.7. The van der Waals surface area contributed by atoms with Crippen LogP contribution < -0.4 is 14.4 Å². The number of fused-ring (bicyclic) bond motifs is 1. The van der Waals surface area contributed by atoms with E-state index in [-0.39, 0.29) is 5.91 Å². The van der Waals surface area contributed by atoms with E-state index in [0.717, 1.165) is 30.5 Å². The molecule has 1 amide bonds. The second-order valence-electron chi connectivity index (χ2n) is 7.76. The van der Waals surface area contributed by atoms with Gasteiger partial charge < -0.3 is 14.4 Å². The molecule has 1 fully saturated rings. The maximum absolute atomic E-state index is 13.2. The Balaban J connectivity index is 1.59. The summed E-state index contributed by atoms with van der Waals surface area (Å²) in [4.78, 5) is 15.2. The van der Waals surface area contributed by atoms with Crippen LogP contribution in [0.1, 0.15) is 42.1 Å². The molecule has 0 aliphatic carbocycles. The van der Waals surface area contributed by atoms with Gasteiger partial charge in [0.1, 0.15) is 0 Å². The van der Waals surface area contributed by atoms with Crippen molar-refractivity contribution in [1.29, 1.82) is 0 Å². The number of anilines is 1. The van der Waals surface area contributed by atoms with Crippen LogP contribution in [0.15, 0.2) is 41.3 Å². The zero-order valence-electron chi connectivity index (χ0n) is 18.0. The summed E-state index contributed by atoms with van der Waals surface area (Å²) >= 11 is 0. The number of hydrogen-bond acceptors (Lipinski definition) is 5. The predicted octanol–water partition coefficient (Wildman–Crippen LogP) is 3.47. The predicted molar refractivity (Wildman–Crippen MR) is 119 cm³/mol. The van der Waals surface area contributed by atoms with Gasteiger partial charge in [-0.1, -0.05) is 6.42 Å². The first-order chi connectivity index (χ1) is 15.0. The molecular formula is C23H28N2O5S. The summed E-state index contributed by atoms with van der Waals surface area (Å²) in [6, 6.07) is 10.2. The van der Waals surface area contributed by atoms with Crippen molar-refractivity contribution < 1.29 is 22.7 Å². The number of amides is 1. The summed E-state index contributed by atoms with van der Waals surface area (Å²) in [6.45, 7) is 4.00. The molecule has 0 spiro atoms. The van der Waals surface area contributed by atoms with Crippen molar-refractivity contribution in [1.82, 2.24) is 4.31 Å². The normalized spacial score (nSPS) is 16.8. The number of benzene rings is 2. The van der Waals surface area contributed by atoms with Gasteiger partial charge in [0.2, 0.25) is 10.0 Å². The van der Waals surface area contributed by atoms with Crippen LogP contribution in [0.3, 0.4) is 0 Å². The Bertz CT molecular complexity index is 1080. The highest BCUT2D eigenvalue weighted by molar-refractivity contribution is 7.89. The lowest BCUT2D eigenvalue weighted by Crippen LogP contribution is -2.35. The molecule has 2 aromatic carbocycles. The zero-order valence-corrected chi connectivity index (χ0v) is 18.8. The van der Waals surface area contributed by atoms with Crippen molar-refractivity contribution in [3.8, 4) is 11.5 Å². The number of methoxy groups -OCH3 is 1. The van der Waals surface area contributed by atoms with Crippen molar-refractivity contribution in [2.24, 2.45) is 0 Å². The summed E-state index contributed by atoms with van der Waals surface area (Å²) in [5.74, 6) is 0.958. The molecule has 2 aromatic rings. The summed E-state index contributed by atoms with van der Waals surface area (Å²) in [5, 5.41) is 0. The van der Waals surface area contributed by atoms with E-state index in [0.29, 0.717) is 54.6 Å². The van der Waals surface area contributed by atoms with Crippen molar-refractivity contribution in [3.05, 3.63) is 47.5 Å². The van der Waals surface area contributed by atoms with Gasteiger partial charge in [-0.2, -0.15) is 4.31 Å². The fraction of sp³-hybridized carbons (Fsp3) is 0.435. The SMILES string of the molecule is CCOc1cc(C(=O)N2CCc3cc(S(=O)(=O)N4CCCCC4)ccc32)ccc1OC. The zero-order chi connectivity index (χ0) is 22.0. The van der Waals surface area contributed by atoms with Crippen molar-refractivity contribution in [3.63, 3.8) is 0 Å². The van der Waals surface area contributed by atoms with Crippen LogP contribution >= 0.6 is 0 Å². The van der Waals surface area contributed by atoms with Gasteiger partial charge in [-0.05, 0) is 68.1 Å². The van der Waals surface area contributed by atoms with E-state index < -0.39 is 10.0 Å².